The molecule has 2 nitrogen and oxygen atoms in total. The highest BCUT2D eigenvalue weighted by Crippen LogP contribution is 2.41. The van der Waals surface area contributed by atoms with Gasteiger partial charge in [-0.25, -0.2) is 0 Å². The van der Waals surface area contributed by atoms with Crippen molar-refractivity contribution in [2.75, 3.05) is 0 Å². The van der Waals surface area contributed by atoms with E-state index >= 15 is 0 Å². The Morgan fingerprint density at radius 2 is 2.10 bits per heavy atom. The molecule has 1 aliphatic rings. The Morgan fingerprint density at radius 3 is 2.81 bits per heavy atom. The van der Waals surface area contributed by atoms with Crippen LogP contribution in [0.4, 0.5) is 0 Å². The molecular weight excluding hydrogens is 348 g/mol. The molecular formula is C17H20BrClN2. The number of benzene rings is 1. The van der Waals surface area contributed by atoms with Crippen molar-refractivity contribution >= 4 is 27.5 Å². The van der Waals surface area contributed by atoms with Gasteiger partial charge in [0.15, 0.2) is 0 Å². The highest BCUT2D eigenvalue weighted by atomic mass is 79.9. The molecule has 0 bridgehead atoms. The van der Waals surface area contributed by atoms with Crippen molar-refractivity contribution < 1.29 is 0 Å². The first-order valence-electron chi connectivity index (χ1n) is 7.20. The topological polar surface area (TPSA) is 30.9 Å². The largest absolute Gasteiger partial charge is 0.324 e. The molecule has 2 N–H and O–H groups in total. The Labute approximate surface area is 139 Å². The van der Waals surface area contributed by atoms with Crippen molar-refractivity contribution in [3.05, 3.63) is 50.7 Å². The number of nitrogens with two attached hydrogens (primary N) is 1. The lowest BCUT2D eigenvalue weighted by Gasteiger charge is -2.34. The predicted octanol–water partition coefficient (Wildman–Crippen LogP) is 5.17. The van der Waals surface area contributed by atoms with Gasteiger partial charge in [0.1, 0.15) is 0 Å². The molecule has 0 fully saturated rings. The van der Waals surface area contributed by atoms with Gasteiger partial charge in [-0.2, -0.15) is 0 Å². The molecule has 3 rings (SSSR count). The van der Waals surface area contributed by atoms with Gasteiger partial charge in [0.25, 0.3) is 0 Å². The van der Waals surface area contributed by atoms with Gasteiger partial charge in [-0.3, -0.25) is 0 Å². The molecule has 2 aromatic rings. The quantitative estimate of drug-likeness (QED) is 0.740. The average Bonchev–Trinajstić information content (AvgIpc) is 2.76. The van der Waals surface area contributed by atoms with E-state index < -0.39 is 0 Å². The smallest absolute Gasteiger partial charge is 0.0609 e. The van der Waals surface area contributed by atoms with E-state index in [0.29, 0.717) is 0 Å². The first kappa shape index (κ1) is 15.1. The Bertz CT molecular complexity index is 703. The zero-order valence-corrected chi connectivity index (χ0v) is 14.9. The summed E-state index contributed by atoms with van der Waals surface area (Å²) >= 11 is 9.98. The molecule has 0 saturated carbocycles. The van der Waals surface area contributed by atoms with E-state index in [1.807, 2.05) is 13.0 Å². The van der Waals surface area contributed by atoms with Gasteiger partial charge in [0, 0.05) is 27.4 Å². The molecule has 112 valence electrons. The summed E-state index contributed by atoms with van der Waals surface area (Å²) < 4.78 is 3.28. The van der Waals surface area contributed by atoms with Crippen LogP contribution < -0.4 is 5.73 Å². The third-order valence-electron chi connectivity index (χ3n) is 4.33. The molecule has 1 atom stereocenters. The predicted molar refractivity (Wildman–Crippen MR) is 92.2 cm³/mol. The van der Waals surface area contributed by atoms with E-state index in [-0.39, 0.29) is 11.5 Å². The lowest BCUT2D eigenvalue weighted by molar-refractivity contribution is 0.278. The Hall–Kier alpha value is -0.770. The molecule has 1 heterocycles. The third-order valence-corrected chi connectivity index (χ3v) is 5.38. The Balaban J connectivity index is 2.16. The molecule has 0 radical (unpaired) electrons. The van der Waals surface area contributed by atoms with E-state index in [9.17, 15) is 0 Å². The van der Waals surface area contributed by atoms with Crippen molar-refractivity contribution in [3.8, 4) is 5.69 Å². The van der Waals surface area contributed by atoms with Gasteiger partial charge < -0.3 is 10.3 Å². The highest BCUT2D eigenvalue weighted by molar-refractivity contribution is 9.10. The fourth-order valence-electron chi connectivity index (χ4n) is 3.28. The maximum Gasteiger partial charge on any atom is 0.0609 e. The van der Waals surface area contributed by atoms with Gasteiger partial charge in [0.05, 0.1) is 5.69 Å². The van der Waals surface area contributed by atoms with Gasteiger partial charge in [-0.1, -0.05) is 25.4 Å². The number of hydrogen-bond acceptors (Lipinski definition) is 1. The minimum atomic E-state index is 0.115. The highest BCUT2D eigenvalue weighted by Gasteiger charge is 2.32. The standard InChI is InChI=1S/C17H20BrClN2/c1-10-6-12(18)15(7-13(10)19)21-5-4-11-14(20)8-17(2,3)9-16(11)21/h4-7,14H,8-9,20H2,1-3H3. The second-order valence-electron chi connectivity index (χ2n) is 6.79. The summed E-state index contributed by atoms with van der Waals surface area (Å²) in [5, 5.41) is 0.787. The van der Waals surface area contributed by atoms with E-state index in [4.69, 9.17) is 17.3 Å². The number of halogens is 2. The number of aromatic nitrogens is 1. The van der Waals surface area contributed by atoms with Crippen molar-refractivity contribution in [2.45, 2.75) is 39.7 Å². The maximum absolute atomic E-state index is 6.35. The van der Waals surface area contributed by atoms with Crippen molar-refractivity contribution in [3.63, 3.8) is 0 Å². The Morgan fingerprint density at radius 1 is 1.38 bits per heavy atom. The van der Waals surface area contributed by atoms with Gasteiger partial charge >= 0.3 is 0 Å². The Kier molecular flexibility index (Phi) is 3.71. The van der Waals surface area contributed by atoms with Crippen molar-refractivity contribution in [1.82, 2.24) is 4.57 Å². The minimum absolute atomic E-state index is 0.115. The first-order chi connectivity index (χ1) is 9.78. The summed E-state index contributed by atoms with van der Waals surface area (Å²) in [4.78, 5) is 0. The van der Waals surface area contributed by atoms with Crippen LogP contribution in [0.1, 0.15) is 43.1 Å². The molecule has 0 amide bonds. The molecule has 1 aromatic heterocycles. The molecule has 1 unspecified atom stereocenters. The second kappa shape index (κ2) is 5.15. The summed E-state index contributed by atoms with van der Waals surface area (Å²) in [6, 6.07) is 6.35. The summed E-state index contributed by atoms with van der Waals surface area (Å²) in [5.41, 5.74) is 11.3. The summed E-state index contributed by atoms with van der Waals surface area (Å²) in [6.07, 6.45) is 4.17. The normalized spacial score (nSPS) is 20.4. The number of hydrogen-bond donors (Lipinski definition) is 1. The first-order valence-corrected chi connectivity index (χ1v) is 8.37. The van der Waals surface area contributed by atoms with E-state index in [1.54, 1.807) is 0 Å². The van der Waals surface area contributed by atoms with Crippen LogP contribution in [0.15, 0.2) is 28.9 Å². The van der Waals surface area contributed by atoms with Crippen LogP contribution >= 0.6 is 27.5 Å². The lowest BCUT2D eigenvalue weighted by Crippen LogP contribution is -2.30. The SMILES string of the molecule is Cc1cc(Br)c(-n2ccc3c2CC(C)(C)CC3N)cc1Cl. The van der Waals surface area contributed by atoms with Crippen LogP contribution in [0.25, 0.3) is 5.69 Å². The third kappa shape index (κ3) is 2.67. The van der Waals surface area contributed by atoms with Crippen LogP contribution in [-0.2, 0) is 6.42 Å². The second-order valence-corrected chi connectivity index (χ2v) is 8.05. The number of nitrogens with zero attached hydrogens (tertiary/aromatic N) is 1. The zero-order chi connectivity index (χ0) is 15.4. The molecule has 0 aliphatic heterocycles. The van der Waals surface area contributed by atoms with E-state index in [0.717, 1.165) is 33.6 Å². The number of fused-ring (bicyclic) bond motifs is 1. The van der Waals surface area contributed by atoms with Crippen LogP contribution in [0, 0.1) is 12.3 Å². The van der Waals surface area contributed by atoms with Gasteiger partial charge in [-0.15, -0.1) is 0 Å². The summed E-state index contributed by atoms with van der Waals surface area (Å²) in [5.74, 6) is 0. The van der Waals surface area contributed by atoms with Crippen LogP contribution in [0.2, 0.25) is 5.02 Å². The molecule has 1 aliphatic carbocycles. The molecule has 21 heavy (non-hydrogen) atoms. The van der Waals surface area contributed by atoms with Crippen molar-refractivity contribution in [2.24, 2.45) is 11.1 Å². The molecule has 4 heteroatoms. The van der Waals surface area contributed by atoms with E-state index in [2.05, 4.69) is 52.7 Å². The van der Waals surface area contributed by atoms with Crippen LogP contribution in [0.5, 0.6) is 0 Å². The average molecular weight is 368 g/mol. The minimum Gasteiger partial charge on any atom is -0.324 e. The van der Waals surface area contributed by atoms with Gasteiger partial charge in [0.2, 0.25) is 0 Å². The van der Waals surface area contributed by atoms with Crippen molar-refractivity contribution in [1.29, 1.82) is 0 Å². The lowest BCUT2D eigenvalue weighted by atomic mass is 9.74. The maximum atomic E-state index is 6.35. The van der Waals surface area contributed by atoms with Crippen LogP contribution in [0.3, 0.4) is 0 Å². The summed E-state index contributed by atoms with van der Waals surface area (Å²) in [7, 11) is 0. The molecule has 1 aromatic carbocycles. The van der Waals surface area contributed by atoms with Crippen LogP contribution in [-0.4, -0.2) is 4.57 Å². The number of aryl methyl sites for hydroxylation is 1. The monoisotopic (exact) mass is 366 g/mol. The summed E-state index contributed by atoms with van der Waals surface area (Å²) in [6.45, 7) is 6.58. The molecule has 0 spiro atoms. The van der Waals surface area contributed by atoms with Gasteiger partial charge in [-0.05, 0) is 70.4 Å². The molecule has 0 saturated heterocycles. The zero-order valence-electron chi connectivity index (χ0n) is 12.6. The number of rotatable bonds is 1. The van der Waals surface area contributed by atoms with E-state index in [1.165, 1.54) is 11.3 Å². The fourth-order valence-corrected chi connectivity index (χ4v) is 4.09. The fraction of sp³-hybridized carbons (Fsp3) is 0.412.